The topological polar surface area (TPSA) is 101 Å². The van der Waals surface area contributed by atoms with Crippen LogP contribution in [0.1, 0.15) is 22.6 Å². The Kier molecular flexibility index (Phi) is 7.29. The van der Waals surface area contributed by atoms with Gasteiger partial charge in [-0.3, -0.25) is 9.52 Å². The van der Waals surface area contributed by atoms with Crippen LogP contribution in [-0.2, 0) is 27.1 Å². The van der Waals surface area contributed by atoms with Crippen LogP contribution in [-0.4, -0.2) is 19.3 Å². The van der Waals surface area contributed by atoms with Crippen LogP contribution in [0.25, 0.3) is 11.5 Å². The number of nitrogens with zero attached hydrogens (tertiary/aromatic N) is 1. The summed E-state index contributed by atoms with van der Waals surface area (Å²) >= 11 is 0. The molecule has 1 heterocycles. The third-order valence-electron chi connectivity index (χ3n) is 5.01. The molecule has 176 valence electrons. The van der Waals surface area contributed by atoms with Crippen molar-refractivity contribution in [1.29, 1.82) is 0 Å². The van der Waals surface area contributed by atoms with Gasteiger partial charge in [0.2, 0.25) is 15.9 Å². The minimum Gasteiger partial charge on any atom is -0.441 e. The Balaban J connectivity index is 1.37. The molecule has 8 heteroatoms. The molecular weight excluding hydrogens is 462 g/mol. The van der Waals surface area contributed by atoms with Crippen LogP contribution < -0.4 is 10.0 Å². The largest absolute Gasteiger partial charge is 0.441 e. The number of hydrogen-bond donors (Lipinski definition) is 2. The molecule has 0 aliphatic heterocycles. The number of carbonyl (C=O) groups excluding carboxylic acids is 1. The SMILES string of the molecule is Cc1oc(-c2ccc(NS(=O)(=O)Cc3ccccc3)cc2)nc1CNC(=O)C#Cc1ccccc1. The first-order valence-corrected chi connectivity index (χ1v) is 12.5. The summed E-state index contributed by atoms with van der Waals surface area (Å²) in [4.78, 5) is 16.5. The Morgan fingerprint density at radius 2 is 1.60 bits per heavy atom. The number of hydrogen-bond acceptors (Lipinski definition) is 5. The van der Waals surface area contributed by atoms with Gasteiger partial charge in [-0.25, -0.2) is 13.4 Å². The van der Waals surface area contributed by atoms with Crippen molar-refractivity contribution in [3.05, 3.63) is 108 Å². The van der Waals surface area contributed by atoms with E-state index in [-0.39, 0.29) is 12.3 Å². The third-order valence-corrected chi connectivity index (χ3v) is 6.27. The number of sulfonamides is 1. The van der Waals surface area contributed by atoms with E-state index in [0.29, 0.717) is 34.2 Å². The van der Waals surface area contributed by atoms with Crippen LogP contribution in [0.5, 0.6) is 0 Å². The minimum absolute atomic E-state index is 0.112. The van der Waals surface area contributed by atoms with Gasteiger partial charge in [0.15, 0.2) is 0 Å². The van der Waals surface area contributed by atoms with E-state index in [2.05, 4.69) is 26.9 Å². The lowest BCUT2D eigenvalue weighted by Gasteiger charge is -2.08. The highest BCUT2D eigenvalue weighted by Gasteiger charge is 2.14. The van der Waals surface area contributed by atoms with E-state index in [1.165, 1.54) is 0 Å². The molecule has 1 amide bonds. The Morgan fingerprint density at radius 3 is 2.29 bits per heavy atom. The molecule has 1 aromatic heterocycles. The molecule has 7 nitrogen and oxygen atoms in total. The second-order valence-electron chi connectivity index (χ2n) is 7.74. The minimum atomic E-state index is -3.55. The van der Waals surface area contributed by atoms with Crippen LogP contribution >= 0.6 is 0 Å². The summed E-state index contributed by atoms with van der Waals surface area (Å²) in [7, 11) is -3.55. The van der Waals surface area contributed by atoms with Crippen molar-refractivity contribution in [3.8, 4) is 23.3 Å². The fourth-order valence-electron chi connectivity index (χ4n) is 3.26. The highest BCUT2D eigenvalue weighted by molar-refractivity contribution is 7.91. The predicted octanol–water partition coefficient (Wildman–Crippen LogP) is 4.26. The van der Waals surface area contributed by atoms with Crippen molar-refractivity contribution < 1.29 is 17.6 Å². The molecule has 0 atom stereocenters. The molecule has 4 aromatic rings. The zero-order chi connectivity index (χ0) is 24.7. The monoisotopic (exact) mass is 485 g/mol. The molecule has 3 aromatic carbocycles. The molecule has 0 aliphatic rings. The molecule has 0 saturated heterocycles. The summed E-state index contributed by atoms with van der Waals surface area (Å²) in [6.07, 6.45) is 0. The van der Waals surface area contributed by atoms with Crippen LogP contribution in [0.15, 0.2) is 89.3 Å². The number of carbonyl (C=O) groups is 1. The standard InChI is InChI=1S/C27H23N3O4S/c1-20-25(18-28-26(31)17-12-21-8-4-2-5-9-21)29-27(34-20)23-13-15-24(16-14-23)30-35(32,33)19-22-10-6-3-7-11-22/h2-11,13-16,30H,18-19H2,1H3,(H,28,31). The highest BCUT2D eigenvalue weighted by atomic mass is 32.2. The van der Waals surface area contributed by atoms with Crippen LogP contribution in [0.3, 0.4) is 0 Å². The van der Waals surface area contributed by atoms with Crippen molar-refractivity contribution in [3.63, 3.8) is 0 Å². The van der Waals surface area contributed by atoms with Crippen molar-refractivity contribution in [2.24, 2.45) is 0 Å². The summed E-state index contributed by atoms with van der Waals surface area (Å²) in [6.45, 7) is 1.94. The number of oxazole rings is 1. The average Bonchev–Trinajstić information content (AvgIpc) is 3.23. The molecular formula is C27H23N3O4S. The maximum absolute atomic E-state index is 12.4. The summed E-state index contributed by atoms with van der Waals surface area (Å²) < 4.78 is 33.2. The first-order valence-electron chi connectivity index (χ1n) is 10.8. The first-order chi connectivity index (χ1) is 16.9. The van der Waals surface area contributed by atoms with Gasteiger partial charge in [0, 0.05) is 22.7 Å². The summed E-state index contributed by atoms with van der Waals surface area (Å²) in [6, 6.07) is 25.0. The highest BCUT2D eigenvalue weighted by Crippen LogP contribution is 2.24. The molecule has 0 radical (unpaired) electrons. The van der Waals surface area contributed by atoms with Gasteiger partial charge in [0.1, 0.15) is 11.5 Å². The maximum Gasteiger partial charge on any atom is 0.296 e. The molecule has 0 unspecified atom stereocenters. The lowest BCUT2D eigenvalue weighted by atomic mass is 10.2. The van der Waals surface area contributed by atoms with E-state index in [4.69, 9.17) is 4.42 Å². The number of benzene rings is 3. The van der Waals surface area contributed by atoms with E-state index in [0.717, 1.165) is 5.56 Å². The number of amides is 1. The van der Waals surface area contributed by atoms with Crippen molar-refractivity contribution in [2.45, 2.75) is 19.2 Å². The summed E-state index contributed by atoms with van der Waals surface area (Å²) in [5.74, 6) is 5.78. The van der Waals surface area contributed by atoms with Gasteiger partial charge in [-0.05, 0) is 48.9 Å². The number of aryl methyl sites for hydroxylation is 1. The molecule has 0 spiro atoms. The fraction of sp³-hybridized carbons (Fsp3) is 0.111. The van der Waals surface area contributed by atoms with Gasteiger partial charge in [0.25, 0.3) is 5.91 Å². The van der Waals surface area contributed by atoms with Gasteiger partial charge < -0.3 is 9.73 Å². The normalized spacial score (nSPS) is 10.8. The Hall–Kier alpha value is -4.35. The van der Waals surface area contributed by atoms with Gasteiger partial charge in [-0.1, -0.05) is 54.5 Å². The van der Waals surface area contributed by atoms with Crippen molar-refractivity contribution >= 4 is 21.6 Å². The smallest absolute Gasteiger partial charge is 0.296 e. The molecule has 2 N–H and O–H groups in total. The van der Waals surface area contributed by atoms with E-state index < -0.39 is 15.9 Å². The average molecular weight is 486 g/mol. The number of aromatic nitrogens is 1. The van der Waals surface area contributed by atoms with Crippen LogP contribution in [0, 0.1) is 18.8 Å². The second-order valence-corrected chi connectivity index (χ2v) is 9.47. The number of nitrogens with one attached hydrogen (secondary N) is 2. The van der Waals surface area contributed by atoms with Crippen molar-refractivity contribution in [1.82, 2.24) is 10.3 Å². The molecule has 0 bridgehead atoms. The molecule has 35 heavy (non-hydrogen) atoms. The lowest BCUT2D eigenvalue weighted by Crippen LogP contribution is -2.21. The van der Waals surface area contributed by atoms with Crippen molar-refractivity contribution in [2.75, 3.05) is 4.72 Å². The van der Waals surface area contributed by atoms with Gasteiger partial charge in [0.05, 0.1) is 12.3 Å². The second kappa shape index (κ2) is 10.7. The van der Waals surface area contributed by atoms with Crippen LogP contribution in [0.4, 0.5) is 5.69 Å². The van der Waals surface area contributed by atoms with E-state index in [1.54, 1.807) is 55.5 Å². The molecule has 4 rings (SSSR count). The first kappa shape index (κ1) is 23.8. The van der Waals surface area contributed by atoms with Gasteiger partial charge >= 0.3 is 0 Å². The van der Waals surface area contributed by atoms with Crippen LogP contribution in [0.2, 0.25) is 0 Å². The van der Waals surface area contributed by atoms with Gasteiger partial charge in [-0.15, -0.1) is 0 Å². The van der Waals surface area contributed by atoms with E-state index in [1.807, 2.05) is 36.4 Å². The zero-order valence-corrected chi connectivity index (χ0v) is 19.8. The summed E-state index contributed by atoms with van der Waals surface area (Å²) in [5.41, 5.74) is 3.17. The predicted molar refractivity (Wildman–Crippen MR) is 135 cm³/mol. The van der Waals surface area contributed by atoms with Gasteiger partial charge in [-0.2, -0.15) is 0 Å². The third kappa shape index (κ3) is 6.82. The Bertz CT molecular complexity index is 1470. The Morgan fingerprint density at radius 1 is 0.943 bits per heavy atom. The number of anilines is 1. The van der Waals surface area contributed by atoms with E-state index in [9.17, 15) is 13.2 Å². The fourth-order valence-corrected chi connectivity index (χ4v) is 4.46. The molecule has 0 saturated carbocycles. The zero-order valence-electron chi connectivity index (χ0n) is 19.0. The lowest BCUT2D eigenvalue weighted by molar-refractivity contribution is -0.115. The Labute approximate surface area is 204 Å². The molecule has 0 fully saturated rings. The summed E-state index contributed by atoms with van der Waals surface area (Å²) in [5, 5.41) is 2.72. The molecule has 0 aliphatic carbocycles. The maximum atomic E-state index is 12.4. The van der Waals surface area contributed by atoms with E-state index >= 15 is 0 Å². The quantitative estimate of drug-likeness (QED) is 0.381. The number of rotatable bonds is 7.